The van der Waals surface area contributed by atoms with Gasteiger partial charge in [-0.05, 0) is 24.1 Å². The maximum absolute atomic E-state index is 12.7. The SMILES string of the molecule is Cc1ccccc1CNC(=O)COC(=O)c1ccccc1C(=O)c1ccccc1. The molecular weight excluding hydrogens is 366 g/mol. The summed E-state index contributed by atoms with van der Waals surface area (Å²) >= 11 is 0. The standard InChI is InChI=1S/C24H21NO4/c1-17-9-5-6-12-19(17)15-25-22(26)16-29-24(28)21-14-8-7-13-20(21)23(27)18-10-3-2-4-11-18/h2-14H,15-16H2,1H3,(H,25,26). The molecule has 0 spiro atoms. The van der Waals surface area contributed by atoms with Gasteiger partial charge in [0.2, 0.25) is 0 Å². The van der Waals surface area contributed by atoms with Gasteiger partial charge in [0.1, 0.15) is 0 Å². The van der Waals surface area contributed by atoms with E-state index in [9.17, 15) is 14.4 Å². The zero-order chi connectivity index (χ0) is 20.6. The third kappa shape index (κ3) is 5.17. The van der Waals surface area contributed by atoms with Crippen LogP contribution in [0.3, 0.4) is 0 Å². The lowest BCUT2D eigenvalue weighted by molar-refractivity contribution is -0.124. The number of hydrogen-bond acceptors (Lipinski definition) is 4. The van der Waals surface area contributed by atoms with Crippen molar-refractivity contribution in [2.24, 2.45) is 0 Å². The van der Waals surface area contributed by atoms with Gasteiger partial charge in [-0.2, -0.15) is 0 Å². The van der Waals surface area contributed by atoms with Gasteiger partial charge in [-0.1, -0.05) is 72.8 Å². The molecular formula is C24H21NO4. The zero-order valence-electron chi connectivity index (χ0n) is 16.1. The van der Waals surface area contributed by atoms with Gasteiger partial charge in [0.15, 0.2) is 12.4 Å². The molecule has 0 heterocycles. The van der Waals surface area contributed by atoms with Crippen LogP contribution in [0.2, 0.25) is 0 Å². The van der Waals surface area contributed by atoms with E-state index < -0.39 is 18.5 Å². The highest BCUT2D eigenvalue weighted by atomic mass is 16.5. The Morgan fingerprint density at radius 2 is 1.41 bits per heavy atom. The van der Waals surface area contributed by atoms with Gasteiger partial charge in [0, 0.05) is 17.7 Å². The summed E-state index contributed by atoms with van der Waals surface area (Å²) in [6.45, 7) is 1.90. The first kappa shape index (κ1) is 20.0. The first-order chi connectivity index (χ1) is 14.1. The van der Waals surface area contributed by atoms with Gasteiger partial charge in [0.05, 0.1) is 5.56 Å². The number of hydrogen-bond donors (Lipinski definition) is 1. The smallest absolute Gasteiger partial charge is 0.339 e. The fraction of sp³-hybridized carbons (Fsp3) is 0.125. The number of esters is 1. The summed E-state index contributed by atoms with van der Waals surface area (Å²) in [5.41, 5.74) is 2.91. The second-order valence-corrected chi connectivity index (χ2v) is 6.52. The molecule has 1 N–H and O–H groups in total. The molecule has 0 aliphatic carbocycles. The Morgan fingerprint density at radius 3 is 2.14 bits per heavy atom. The Balaban J connectivity index is 1.62. The fourth-order valence-corrected chi connectivity index (χ4v) is 2.87. The van der Waals surface area contributed by atoms with Gasteiger partial charge in [-0.3, -0.25) is 9.59 Å². The highest BCUT2D eigenvalue weighted by Crippen LogP contribution is 2.16. The van der Waals surface area contributed by atoms with Crippen molar-refractivity contribution in [3.63, 3.8) is 0 Å². The molecule has 0 radical (unpaired) electrons. The zero-order valence-corrected chi connectivity index (χ0v) is 16.1. The second kappa shape index (κ2) is 9.46. The molecule has 29 heavy (non-hydrogen) atoms. The Labute approximate surface area is 169 Å². The van der Waals surface area contributed by atoms with Crippen molar-refractivity contribution < 1.29 is 19.1 Å². The third-order valence-corrected chi connectivity index (χ3v) is 4.50. The van der Waals surface area contributed by atoms with Crippen LogP contribution >= 0.6 is 0 Å². The molecule has 3 rings (SSSR count). The number of amides is 1. The first-order valence-electron chi connectivity index (χ1n) is 9.23. The van der Waals surface area contributed by atoms with Crippen molar-refractivity contribution in [3.05, 3.63) is 107 Å². The second-order valence-electron chi connectivity index (χ2n) is 6.52. The van der Waals surface area contributed by atoms with E-state index in [1.807, 2.05) is 37.3 Å². The molecule has 0 saturated carbocycles. The van der Waals surface area contributed by atoms with Crippen molar-refractivity contribution >= 4 is 17.7 Å². The van der Waals surface area contributed by atoms with E-state index in [1.165, 1.54) is 6.07 Å². The molecule has 0 aliphatic heterocycles. The third-order valence-electron chi connectivity index (χ3n) is 4.50. The van der Waals surface area contributed by atoms with E-state index >= 15 is 0 Å². The Morgan fingerprint density at radius 1 is 0.793 bits per heavy atom. The summed E-state index contributed by atoms with van der Waals surface area (Å²) in [5.74, 6) is -1.40. The molecule has 0 unspecified atom stereocenters. The number of rotatable bonds is 7. The number of ether oxygens (including phenoxy) is 1. The van der Waals surface area contributed by atoms with E-state index in [2.05, 4.69) is 5.32 Å². The minimum absolute atomic E-state index is 0.132. The monoisotopic (exact) mass is 387 g/mol. The Bertz CT molecular complexity index is 1030. The number of ketones is 1. The lowest BCUT2D eigenvalue weighted by Crippen LogP contribution is -2.29. The number of aryl methyl sites for hydroxylation is 1. The van der Waals surface area contributed by atoms with Crippen LogP contribution in [0.25, 0.3) is 0 Å². The summed E-state index contributed by atoms with van der Waals surface area (Å²) in [7, 11) is 0. The van der Waals surface area contributed by atoms with Gasteiger partial charge in [0.25, 0.3) is 5.91 Å². The van der Waals surface area contributed by atoms with Crippen molar-refractivity contribution in [3.8, 4) is 0 Å². The number of carbonyl (C=O) groups excluding carboxylic acids is 3. The largest absolute Gasteiger partial charge is 0.452 e. The molecule has 0 atom stereocenters. The molecule has 0 bridgehead atoms. The summed E-state index contributed by atoms with van der Waals surface area (Å²) in [5, 5.41) is 2.73. The summed E-state index contributed by atoms with van der Waals surface area (Å²) in [6, 6.07) is 22.8. The number of benzene rings is 3. The van der Waals surface area contributed by atoms with E-state index in [-0.39, 0.29) is 16.9 Å². The quantitative estimate of drug-likeness (QED) is 0.496. The first-order valence-corrected chi connectivity index (χ1v) is 9.23. The number of carbonyl (C=O) groups is 3. The minimum Gasteiger partial charge on any atom is -0.452 e. The van der Waals surface area contributed by atoms with Gasteiger partial charge in [-0.25, -0.2) is 4.79 Å². The maximum Gasteiger partial charge on any atom is 0.339 e. The fourth-order valence-electron chi connectivity index (χ4n) is 2.87. The molecule has 146 valence electrons. The molecule has 0 aromatic heterocycles. The van der Waals surface area contributed by atoms with Gasteiger partial charge >= 0.3 is 5.97 Å². The lowest BCUT2D eigenvalue weighted by atomic mass is 9.98. The molecule has 0 aliphatic rings. The minimum atomic E-state index is -0.712. The molecule has 5 nitrogen and oxygen atoms in total. The van der Waals surface area contributed by atoms with Crippen LogP contribution in [0.4, 0.5) is 0 Å². The normalized spacial score (nSPS) is 10.2. The van der Waals surface area contributed by atoms with Crippen LogP contribution in [-0.2, 0) is 16.1 Å². The van der Waals surface area contributed by atoms with Crippen molar-refractivity contribution in [2.45, 2.75) is 13.5 Å². The topological polar surface area (TPSA) is 72.5 Å². The van der Waals surface area contributed by atoms with Gasteiger partial charge < -0.3 is 10.1 Å². The highest BCUT2D eigenvalue weighted by Gasteiger charge is 2.19. The van der Waals surface area contributed by atoms with E-state index in [0.717, 1.165) is 11.1 Å². The van der Waals surface area contributed by atoms with Crippen LogP contribution in [0.1, 0.15) is 37.4 Å². The molecule has 0 fully saturated rings. The van der Waals surface area contributed by atoms with Crippen LogP contribution in [0.15, 0.2) is 78.9 Å². The van der Waals surface area contributed by atoms with Crippen molar-refractivity contribution in [1.29, 1.82) is 0 Å². The van der Waals surface area contributed by atoms with Crippen molar-refractivity contribution in [2.75, 3.05) is 6.61 Å². The lowest BCUT2D eigenvalue weighted by Gasteiger charge is -2.10. The van der Waals surface area contributed by atoms with Crippen LogP contribution in [0, 0.1) is 6.92 Å². The van der Waals surface area contributed by atoms with E-state index in [4.69, 9.17) is 4.74 Å². The Kier molecular flexibility index (Phi) is 6.53. The predicted molar refractivity (Wildman–Crippen MR) is 110 cm³/mol. The number of nitrogens with one attached hydrogen (secondary N) is 1. The van der Waals surface area contributed by atoms with Crippen LogP contribution in [-0.4, -0.2) is 24.3 Å². The Hall–Kier alpha value is -3.73. The summed E-state index contributed by atoms with van der Waals surface area (Å²) < 4.78 is 5.13. The summed E-state index contributed by atoms with van der Waals surface area (Å²) in [6.07, 6.45) is 0. The van der Waals surface area contributed by atoms with Crippen molar-refractivity contribution in [1.82, 2.24) is 5.32 Å². The average molecular weight is 387 g/mol. The average Bonchev–Trinajstić information content (AvgIpc) is 2.77. The molecule has 3 aromatic carbocycles. The predicted octanol–water partition coefficient (Wildman–Crippen LogP) is 3.70. The van der Waals surface area contributed by atoms with E-state index in [1.54, 1.807) is 42.5 Å². The molecule has 3 aromatic rings. The summed E-state index contributed by atoms with van der Waals surface area (Å²) in [4.78, 5) is 37.2. The highest BCUT2D eigenvalue weighted by molar-refractivity contribution is 6.14. The van der Waals surface area contributed by atoms with Crippen LogP contribution in [0.5, 0.6) is 0 Å². The molecule has 1 amide bonds. The maximum atomic E-state index is 12.7. The van der Waals surface area contributed by atoms with E-state index in [0.29, 0.717) is 12.1 Å². The molecule has 5 heteroatoms. The van der Waals surface area contributed by atoms with Crippen LogP contribution < -0.4 is 5.32 Å². The molecule has 0 saturated heterocycles. The van der Waals surface area contributed by atoms with Gasteiger partial charge in [-0.15, -0.1) is 0 Å².